The minimum atomic E-state index is -0.0974. The summed E-state index contributed by atoms with van der Waals surface area (Å²) in [4.78, 5) is 11.5. The molecule has 0 atom stereocenters. The minimum Gasteiger partial charge on any atom is -0.495 e. The Morgan fingerprint density at radius 1 is 1.44 bits per heavy atom. The number of anilines is 1. The first-order valence-electron chi connectivity index (χ1n) is 5.96. The van der Waals surface area contributed by atoms with Gasteiger partial charge in [0.15, 0.2) is 0 Å². The van der Waals surface area contributed by atoms with E-state index in [1.807, 2.05) is 25.1 Å². The van der Waals surface area contributed by atoms with Crippen molar-refractivity contribution in [2.24, 2.45) is 5.10 Å². The van der Waals surface area contributed by atoms with Gasteiger partial charge in [0, 0.05) is 6.54 Å². The van der Waals surface area contributed by atoms with E-state index in [2.05, 4.69) is 15.8 Å². The van der Waals surface area contributed by atoms with Gasteiger partial charge in [-0.25, -0.2) is 0 Å². The Morgan fingerprint density at radius 2 is 2.28 bits per heavy atom. The number of aryl methyl sites for hydroxylation is 1. The van der Waals surface area contributed by atoms with E-state index >= 15 is 0 Å². The van der Waals surface area contributed by atoms with Crippen molar-refractivity contribution >= 4 is 17.3 Å². The third-order valence-electron chi connectivity index (χ3n) is 2.81. The summed E-state index contributed by atoms with van der Waals surface area (Å²) in [5.41, 5.74) is 5.29. The molecule has 0 aromatic heterocycles. The Labute approximate surface area is 106 Å². The van der Waals surface area contributed by atoms with Gasteiger partial charge < -0.3 is 10.1 Å². The molecule has 0 spiro atoms. The Hall–Kier alpha value is -2.04. The van der Waals surface area contributed by atoms with Crippen LogP contribution in [0.15, 0.2) is 23.3 Å². The smallest absolute Gasteiger partial charge is 0.267 e. The van der Waals surface area contributed by atoms with Crippen molar-refractivity contribution < 1.29 is 9.53 Å². The van der Waals surface area contributed by atoms with Crippen molar-refractivity contribution in [3.05, 3.63) is 23.8 Å². The number of hydrogen-bond donors (Lipinski definition) is 2. The highest BCUT2D eigenvalue weighted by atomic mass is 16.5. The summed E-state index contributed by atoms with van der Waals surface area (Å²) in [6, 6.07) is 5.77. The van der Waals surface area contributed by atoms with E-state index in [9.17, 15) is 4.79 Å². The quantitative estimate of drug-likeness (QED) is 0.799. The maximum atomic E-state index is 11.5. The van der Waals surface area contributed by atoms with Gasteiger partial charge in [-0.05, 0) is 37.5 Å². The zero-order valence-corrected chi connectivity index (χ0v) is 10.6. The van der Waals surface area contributed by atoms with Gasteiger partial charge in [-0.3, -0.25) is 10.2 Å². The molecule has 1 aliphatic rings. The number of carbonyl (C=O) groups excluding carboxylic acids is 1. The van der Waals surface area contributed by atoms with Crippen LogP contribution in [-0.4, -0.2) is 25.3 Å². The van der Waals surface area contributed by atoms with E-state index in [-0.39, 0.29) is 5.91 Å². The molecule has 0 unspecified atom stereocenters. The number of hydrogen-bond acceptors (Lipinski definition) is 4. The van der Waals surface area contributed by atoms with E-state index in [0.29, 0.717) is 12.1 Å². The highest BCUT2D eigenvalue weighted by Crippen LogP contribution is 2.25. The fourth-order valence-corrected chi connectivity index (χ4v) is 1.80. The van der Waals surface area contributed by atoms with Crippen LogP contribution in [0.1, 0.15) is 18.4 Å². The molecule has 1 heterocycles. The van der Waals surface area contributed by atoms with E-state index in [1.54, 1.807) is 7.11 Å². The number of piperidine rings is 1. The van der Waals surface area contributed by atoms with Gasteiger partial charge in [0.05, 0.1) is 12.8 Å². The predicted octanol–water partition coefficient (Wildman–Crippen LogP) is 1.68. The molecule has 1 saturated heterocycles. The minimum absolute atomic E-state index is 0.0974. The van der Waals surface area contributed by atoms with Gasteiger partial charge in [-0.15, -0.1) is 0 Å². The molecule has 1 fully saturated rings. The molecule has 0 bridgehead atoms. The fourth-order valence-electron chi connectivity index (χ4n) is 1.80. The van der Waals surface area contributed by atoms with Crippen molar-refractivity contribution in [2.75, 3.05) is 19.1 Å². The summed E-state index contributed by atoms with van der Waals surface area (Å²) < 4.78 is 5.26. The number of benzene rings is 1. The van der Waals surface area contributed by atoms with E-state index in [0.717, 1.165) is 30.0 Å². The average Bonchev–Trinajstić information content (AvgIpc) is 2.39. The van der Waals surface area contributed by atoms with Crippen molar-refractivity contribution in [3.8, 4) is 5.75 Å². The number of hydrazone groups is 1. The third-order valence-corrected chi connectivity index (χ3v) is 2.81. The Kier molecular flexibility index (Phi) is 3.82. The molecule has 1 aromatic carbocycles. The highest BCUT2D eigenvalue weighted by molar-refractivity contribution is 6.39. The molecule has 1 amide bonds. The van der Waals surface area contributed by atoms with Crippen LogP contribution in [0.5, 0.6) is 5.75 Å². The summed E-state index contributed by atoms with van der Waals surface area (Å²) in [6.45, 7) is 2.72. The highest BCUT2D eigenvalue weighted by Gasteiger charge is 2.15. The van der Waals surface area contributed by atoms with Gasteiger partial charge in [-0.2, -0.15) is 5.10 Å². The zero-order valence-electron chi connectivity index (χ0n) is 10.6. The van der Waals surface area contributed by atoms with E-state index in [1.165, 1.54) is 0 Å². The molecule has 0 aliphatic carbocycles. The van der Waals surface area contributed by atoms with Crippen LogP contribution < -0.4 is 15.5 Å². The predicted molar refractivity (Wildman–Crippen MR) is 71.0 cm³/mol. The molecule has 5 nitrogen and oxygen atoms in total. The molecule has 2 N–H and O–H groups in total. The van der Waals surface area contributed by atoms with Crippen LogP contribution in [-0.2, 0) is 4.79 Å². The lowest BCUT2D eigenvalue weighted by Gasteiger charge is -2.14. The summed E-state index contributed by atoms with van der Waals surface area (Å²) in [6.07, 6.45) is 1.63. The van der Waals surface area contributed by atoms with Crippen molar-refractivity contribution in [3.63, 3.8) is 0 Å². The summed E-state index contributed by atoms with van der Waals surface area (Å²) in [7, 11) is 1.61. The lowest BCUT2D eigenvalue weighted by Crippen LogP contribution is -2.37. The average molecular weight is 247 g/mol. The number of methoxy groups -OCH3 is 1. The number of ether oxygens (including phenoxy) is 1. The first kappa shape index (κ1) is 12.4. The second kappa shape index (κ2) is 5.53. The standard InChI is InChI=1S/C13H17N3O2/c1-9-5-6-10(12(8-9)18-2)15-16-11-4-3-7-14-13(11)17/h5-6,8,15H,3-4,7H2,1-2H3,(H,14,17). The molecule has 0 radical (unpaired) electrons. The largest absolute Gasteiger partial charge is 0.495 e. The number of rotatable bonds is 3. The third kappa shape index (κ3) is 2.80. The molecule has 18 heavy (non-hydrogen) atoms. The summed E-state index contributed by atoms with van der Waals surface area (Å²) in [5, 5.41) is 6.91. The van der Waals surface area contributed by atoms with Gasteiger partial charge in [0.25, 0.3) is 5.91 Å². The van der Waals surface area contributed by atoms with Crippen molar-refractivity contribution in [2.45, 2.75) is 19.8 Å². The number of carbonyl (C=O) groups is 1. The molecule has 2 rings (SSSR count). The van der Waals surface area contributed by atoms with Crippen LogP contribution >= 0.6 is 0 Å². The first-order valence-corrected chi connectivity index (χ1v) is 5.96. The first-order chi connectivity index (χ1) is 8.70. The Morgan fingerprint density at radius 3 is 3.00 bits per heavy atom. The molecule has 1 aromatic rings. The normalized spacial score (nSPS) is 17.4. The Bertz CT molecular complexity index is 483. The van der Waals surface area contributed by atoms with Crippen molar-refractivity contribution in [1.82, 2.24) is 5.32 Å². The van der Waals surface area contributed by atoms with Crippen LogP contribution in [0.3, 0.4) is 0 Å². The lowest BCUT2D eigenvalue weighted by atomic mass is 10.1. The van der Waals surface area contributed by atoms with Gasteiger partial charge >= 0.3 is 0 Å². The fraction of sp³-hybridized carbons (Fsp3) is 0.385. The molecular formula is C13H17N3O2. The number of amides is 1. The van der Waals surface area contributed by atoms with Crippen LogP contribution in [0.2, 0.25) is 0 Å². The zero-order chi connectivity index (χ0) is 13.0. The monoisotopic (exact) mass is 247 g/mol. The molecule has 1 aliphatic heterocycles. The summed E-state index contributed by atoms with van der Waals surface area (Å²) >= 11 is 0. The molecule has 5 heteroatoms. The van der Waals surface area contributed by atoms with Crippen LogP contribution in [0.4, 0.5) is 5.69 Å². The Balaban J connectivity index is 2.14. The molecule has 96 valence electrons. The van der Waals surface area contributed by atoms with Gasteiger partial charge in [-0.1, -0.05) is 6.07 Å². The maximum absolute atomic E-state index is 11.5. The van der Waals surface area contributed by atoms with Crippen molar-refractivity contribution in [1.29, 1.82) is 0 Å². The maximum Gasteiger partial charge on any atom is 0.267 e. The van der Waals surface area contributed by atoms with Gasteiger partial charge in [0.1, 0.15) is 11.5 Å². The van der Waals surface area contributed by atoms with E-state index < -0.39 is 0 Å². The van der Waals surface area contributed by atoms with Crippen LogP contribution in [0.25, 0.3) is 0 Å². The van der Waals surface area contributed by atoms with Crippen LogP contribution in [0, 0.1) is 6.92 Å². The van der Waals surface area contributed by atoms with E-state index in [4.69, 9.17) is 4.74 Å². The summed E-state index contributed by atoms with van der Waals surface area (Å²) in [5.74, 6) is 0.621. The van der Waals surface area contributed by atoms with Gasteiger partial charge in [0.2, 0.25) is 0 Å². The second-order valence-electron chi connectivity index (χ2n) is 4.23. The SMILES string of the molecule is COc1cc(C)ccc1NN=C1CCCNC1=O. The number of nitrogens with one attached hydrogen (secondary N) is 2. The second-order valence-corrected chi connectivity index (χ2v) is 4.23. The number of nitrogens with zero attached hydrogens (tertiary/aromatic N) is 1. The molecular weight excluding hydrogens is 230 g/mol. The topological polar surface area (TPSA) is 62.7 Å². The molecule has 0 saturated carbocycles. The lowest BCUT2D eigenvalue weighted by molar-refractivity contribution is -0.115.